The monoisotopic (exact) mass is 762 g/mol. The lowest BCUT2D eigenvalue weighted by Crippen LogP contribution is -2.71. The Morgan fingerprint density at radius 3 is 2.59 bits per heavy atom. The molecule has 4 aliphatic heterocycles. The van der Waals surface area contributed by atoms with Crippen LogP contribution in [0.1, 0.15) is 55.6 Å². The molecule has 5 heterocycles. The molecule has 0 spiro atoms. The highest BCUT2D eigenvalue weighted by atomic mass is 35.5. The van der Waals surface area contributed by atoms with Gasteiger partial charge in [-0.1, -0.05) is 16.8 Å². The molecule has 16 nitrogen and oxygen atoms in total. The van der Waals surface area contributed by atoms with Crippen LogP contribution in [0.25, 0.3) is 0 Å². The molecule has 0 aliphatic carbocycles. The molecule has 6 rings (SSSR count). The van der Waals surface area contributed by atoms with Gasteiger partial charge < -0.3 is 41.0 Å². The minimum absolute atomic E-state index is 0.0426. The highest BCUT2D eigenvalue weighted by Gasteiger charge is 2.60. The van der Waals surface area contributed by atoms with Gasteiger partial charge >= 0.3 is 5.97 Å². The van der Waals surface area contributed by atoms with Crippen LogP contribution in [-0.4, -0.2) is 120 Å². The quantitative estimate of drug-likeness (QED) is 0.0454. The van der Waals surface area contributed by atoms with Crippen molar-refractivity contribution in [3.8, 4) is 11.5 Å². The molecule has 19 heteroatoms. The number of carboxylic acids is 1. The number of thioether (sulfide) groups is 1. The first kappa shape index (κ1) is 36.4. The van der Waals surface area contributed by atoms with Gasteiger partial charge in [0.05, 0.1) is 35.9 Å². The van der Waals surface area contributed by atoms with Crippen LogP contribution < -0.4 is 16.4 Å². The molecular weight excluding hydrogens is 726 g/mol. The number of aromatic hydroxyl groups is 2. The Hall–Kier alpha value is -4.39. The normalized spacial score (nSPS) is 25.9. The summed E-state index contributed by atoms with van der Waals surface area (Å²) in [6.45, 7) is 5.02. The van der Waals surface area contributed by atoms with Crippen molar-refractivity contribution in [2.45, 2.75) is 62.1 Å². The number of nitrogens with two attached hydrogens (primary N) is 1. The fourth-order valence-corrected chi connectivity index (χ4v) is 9.59. The number of oxime groups is 1. The number of nitrogen functional groups attached to an aromatic ring is 1. The van der Waals surface area contributed by atoms with E-state index in [2.05, 4.69) is 20.8 Å². The first-order chi connectivity index (χ1) is 24.1. The molecule has 4 aliphatic rings. The van der Waals surface area contributed by atoms with E-state index in [1.165, 1.54) is 48.0 Å². The van der Waals surface area contributed by atoms with E-state index in [1.54, 1.807) is 0 Å². The van der Waals surface area contributed by atoms with Crippen LogP contribution in [0.4, 0.5) is 5.13 Å². The molecular formula is C32H37ClN7O9S2+. The summed E-state index contributed by atoms with van der Waals surface area (Å²) in [5.41, 5.74) is 4.46. The molecule has 51 heavy (non-hydrogen) atoms. The molecule has 272 valence electrons. The van der Waals surface area contributed by atoms with E-state index in [9.17, 15) is 39.3 Å². The number of phenols is 2. The molecule has 3 saturated heterocycles. The second-order valence-electron chi connectivity index (χ2n) is 13.5. The van der Waals surface area contributed by atoms with E-state index in [4.69, 9.17) is 22.2 Å². The molecule has 7 N–H and O–H groups in total. The third-order valence-electron chi connectivity index (χ3n) is 10.2. The number of nitrogens with zero attached hydrogens (tertiary/aromatic N) is 4. The lowest BCUT2D eigenvalue weighted by molar-refractivity contribution is -0.946. The number of allylic oxidation sites excluding steroid dienone is 1. The molecule has 0 bridgehead atoms. The van der Waals surface area contributed by atoms with Gasteiger partial charge in [0.25, 0.3) is 17.7 Å². The van der Waals surface area contributed by atoms with Gasteiger partial charge in [-0.25, -0.2) is 9.78 Å². The van der Waals surface area contributed by atoms with Crippen molar-refractivity contribution >= 4 is 75.5 Å². The van der Waals surface area contributed by atoms with Crippen LogP contribution in [0, 0.1) is 0 Å². The maximum Gasteiger partial charge on any atom is 0.350 e. The molecule has 2 atom stereocenters. The van der Waals surface area contributed by atoms with Crippen molar-refractivity contribution in [3.05, 3.63) is 45.1 Å². The summed E-state index contributed by atoms with van der Waals surface area (Å²) in [5.74, 6) is -3.67. The van der Waals surface area contributed by atoms with Crippen molar-refractivity contribution in [3.63, 3.8) is 0 Å². The number of benzene rings is 1. The number of β-lactam (4-membered cyclic amide) rings is 1. The van der Waals surface area contributed by atoms with Crippen molar-refractivity contribution < 1.29 is 48.6 Å². The number of hydrogen-bond acceptors (Lipinski definition) is 13. The Bertz CT molecular complexity index is 1870. The van der Waals surface area contributed by atoms with Gasteiger partial charge in [-0.15, -0.1) is 23.1 Å². The zero-order valence-corrected chi connectivity index (χ0v) is 30.1. The summed E-state index contributed by atoms with van der Waals surface area (Å²) in [6.07, 6.45) is 4.20. The smallest absolute Gasteiger partial charge is 0.350 e. The first-order valence-electron chi connectivity index (χ1n) is 16.1. The Labute approximate surface area is 305 Å². The number of carbonyl (C=O) groups is 5. The van der Waals surface area contributed by atoms with Gasteiger partial charge in [0.2, 0.25) is 5.60 Å². The first-order valence-corrected chi connectivity index (χ1v) is 18.4. The fourth-order valence-electron chi connectivity index (χ4n) is 7.44. The molecule has 0 saturated carbocycles. The van der Waals surface area contributed by atoms with Gasteiger partial charge in [-0.05, 0) is 26.0 Å². The standard InChI is InChI=1S/C32H36ClN7O9S2/c1-31(2,29(47)48)49-38-22(18-14-51-30(34)36-18)26(45)37-23-27(46)39-19(12-41)16(13-50-28(23)39)11-40-9-3-7-32(40,8-4-10-40)15-35-25(44)17-5-6-20(42)24(43)21(17)33/h5-6,12,14,23,28H,3-4,7-11,13,15H2,1-2H3,(H6-,34,35,36,37,38,42,43,44,45,47,48)/p+1/t23-,28-,32?,40?/m1/s1. The highest BCUT2D eigenvalue weighted by Crippen LogP contribution is 2.48. The topological polar surface area (TPSA) is 234 Å². The zero-order valence-electron chi connectivity index (χ0n) is 27.7. The minimum atomic E-state index is -1.76. The largest absolute Gasteiger partial charge is 0.504 e. The SMILES string of the molecule is CC(C)(O/N=C(\C(=O)N[C@@H]1C(=O)N2C(C=O)=C(C[N+]34CCCC3(CNC(=O)c3ccc(O)c(O)c3Cl)CCC4)CS[C@H]12)c1csc(N)n1)C(=O)O. The number of thiazole rings is 1. The minimum Gasteiger partial charge on any atom is -0.504 e. The Morgan fingerprint density at radius 1 is 1.25 bits per heavy atom. The lowest BCUT2D eigenvalue weighted by atomic mass is 9.91. The summed E-state index contributed by atoms with van der Waals surface area (Å²) in [7, 11) is 0. The predicted octanol–water partition coefficient (Wildman–Crippen LogP) is 1.80. The molecule has 1 aromatic heterocycles. The molecule has 1 aromatic carbocycles. The van der Waals surface area contributed by atoms with E-state index in [0.717, 1.165) is 55.7 Å². The summed E-state index contributed by atoms with van der Waals surface area (Å²) < 4.78 is 0.644. The Balaban J connectivity index is 1.18. The number of carboxylic acid groups (broad SMARTS) is 1. The van der Waals surface area contributed by atoms with Crippen LogP contribution in [-0.2, 0) is 24.0 Å². The average Bonchev–Trinajstić information content (AvgIpc) is 3.77. The van der Waals surface area contributed by atoms with E-state index in [1.807, 2.05) is 0 Å². The second-order valence-corrected chi connectivity index (χ2v) is 15.9. The number of anilines is 1. The summed E-state index contributed by atoms with van der Waals surface area (Å²) in [5, 5.41) is 39.4. The Morgan fingerprint density at radius 2 is 1.96 bits per heavy atom. The van der Waals surface area contributed by atoms with Crippen molar-refractivity contribution in [1.82, 2.24) is 20.5 Å². The number of halogens is 1. The summed E-state index contributed by atoms with van der Waals surface area (Å²) in [4.78, 5) is 74.9. The number of quaternary nitrogens is 1. The number of rotatable bonds is 12. The maximum atomic E-state index is 13.6. The molecule has 2 aromatic rings. The number of carbonyl (C=O) groups excluding carboxylic acids is 4. The Kier molecular flexibility index (Phi) is 9.73. The van der Waals surface area contributed by atoms with Crippen molar-refractivity contribution in [2.24, 2.45) is 5.16 Å². The molecule has 0 unspecified atom stereocenters. The average molecular weight is 763 g/mol. The number of aldehydes is 1. The number of aromatic nitrogens is 1. The molecule has 3 amide bonds. The highest BCUT2D eigenvalue weighted by molar-refractivity contribution is 8.00. The van der Waals surface area contributed by atoms with E-state index in [0.29, 0.717) is 29.6 Å². The maximum absolute atomic E-state index is 13.6. The number of phenolic OH excluding ortho intramolecular Hbond substituents is 2. The third-order valence-corrected chi connectivity index (χ3v) is 12.6. The van der Waals surface area contributed by atoms with E-state index >= 15 is 0 Å². The zero-order chi connectivity index (χ0) is 36.9. The fraction of sp³-hybridized carbons (Fsp3) is 0.469. The van der Waals surface area contributed by atoms with Crippen LogP contribution in [0.15, 0.2) is 33.9 Å². The van der Waals surface area contributed by atoms with Crippen molar-refractivity contribution in [1.29, 1.82) is 0 Å². The second kappa shape index (κ2) is 13.6. The van der Waals surface area contributed by atoms with Gasteiger partial charge in [-0.2, -0.15) is 0 Å². The van der Waals surface area contributed by atoms with Gasteiger partial charge in [0.1, 0.15) is 29.2 Å². The predicted molar refractivity (Wildman–Crippen MR) is 187 cm³/mol. The third kappa shape index (κ3) is 6.38. The molecule has 0 radical (unpaired) electrons. The summed E-state index contributed by atoms with van der Waals surface area (Å²) >= 11 is 8.59. The summed E-state index contributed by atoms with van der Waals surface area (Å²) in [6, 6.07) is 1.55. The van der Waals surface area contributed by atoms with Crippen LogP contribution >= 0.6 is 34.7 Å². The van der Waals surface area contributed by atoms with E-state index in [-0.39, 0.29) is 38.4 Å². The number of hydrogen-bond donors (Lipinski definition) is 6. The lowest BCUT2D eigenvalue weighted by Gasteiger charge is -2.51. The van der Waals surface area contributed by atoms with Crippen LogP contribution in [0.2, 0.25) is 5.02 Å². The van der Waals surface area contributed by atoms with Crippen LogP contribution in [0.3, 0.4) is 0 Å². The van der Waals surface area contributed by atoms with Gasteiger partial charge in [0, 0.05) is 42.4 Å². The van der Waals surface area contributed by atoms with Gasteiger partial charge in [0.15, 0.2) is 28.6 Å². The number of aliphatic carboxylic acids is 1. The van der Waals surface area contributed by atoms with Crippen molar-refractivity contribution in [2.75, 3.05) is 37.7 Å². The number of fused-ring (bicyclic) bond motifs is 2. The molecule has 3 fully saturated rings. The van der Waals surface area contributed by atoms with Gasteiger partial charge in [-0.3, -0.25) is 24.1 Å². The number of nitrogens with one attached hydrogen (secondary N) is 2. The van der Waals surface area contributed by atoms with Crippen LogP contribution in [0.5, 0.6) is 11.5 Å². The van der Waals surface area contributed by atoms with E-state index < -0.39 is 52.2 Å². The number of amides is 3.